The van der Waals surface area contributed by atoms with Gasteiger partial charge < -0.3 is 24.4 Å². The van der Waals surface area contributed by atoms with E-state index in [-0.39, 0.29) is 25.8 Å². The van der Waals surface area contributed by atoms with Crippen LogP contribution in [0.5, 0.6) is 0 Å². The standard InChI is InChI=1S/C13H16FNO3.C5H10FNO/c1-17-12-8-15(7-11(12)14)13(16)18-9-10-5-3-2-4-6-10;1-8-5-3-7-2-4(5)6/h2-6,11-12H,7-9H2,1H3;4-5,7H,2-3H2,1H3/t11-,12+;4-,5+/m11/s1. The Kier molecular flexibility index (Phi) is 8.21. The molecule has 2 aliphatic heterocycles. The molecule has 0 aliphatic carbocycles. The molecule has 3 rings (SSSR count). The van der Waals surface area contributed by atoms with E-state index in [1.807, 2.05) is 30.3 Å². The Balaban J connectivity index is 0.000000254. The smallest absolute Gasteiger partial charge is 0.410 e. The predicted octanol–water partition coefficient (Wildman–Crippen LogP) is 1.93. The lowest BCUT2D eigenvalue weighted by Crippen LogP contribution is -2.30. The van der Waals surface area contributed by atoms with Crippen LogP contribution in [0.2, 0.25) is 0 Å². The Labute approximate surface area is 152 Å². The molecule has 0 unspecified atom stereocenters. The molecule has 2 saturated heterocycles. The van der Waals surface area contributed by atoms with Crippen LogP contribution in [0.15, 0.2) is 30.3 Å². The highest BCUT2D eigenvalue weighted by Gasteiger charge is 2.36. The van der Waals surface area contributed by atoms with Crippen molar-refractivity contribution < 1.29 is 27.8 Å². The van der Waals surface area contributed by atoms with Crippen molar-refractivity contribution in [3.63, 3.8) is 0 Å². The third-order valence-electron chi connectivity index (χ3n) is 4.36. The molecule has 2 fully saturated rings. The number of carbonyl (C=O) groups is 1. The zero-order valence-corrected chi connectivity index (χ0v) is 15.1. The maximum absolute atomic E-state index is 13.4. The molecule has 6 nitrogen and oxygen atoms in total. The highest BCUT2D eigenvalue weighted by atomic mass is 19.1. The molecule has 1 amide bonds. The van der Waals surface area contributed by atoms with Crippen LogP contribution in [0.25, 0.3) is 0 Å². The van der Waals surface area contributed by atoms with Gasteiger partial charge in [-0.05, 0) is 5.56 Å². The van der Waals surface area contributed by atoms with Gasteiger partial charge in [0.2, 0.25) is 0 Å². The fraction of sp³-hybridized carbons (Fsp3) is 0.611. The molecule has 26 heavy (non-hydrogen) atoms. The lowest BCUT2D eigenvalue weighted by Gasteiger charge is -2.15. The molecule has 4 atom stereocenters. The SMILES string of the molecule is CO[C@H]1CN(C(=O)OCc2ccccc2)C[C@H]1F.CO[C@H]1CNC[C@H]1F. The number of alkyl halides is 2. The zero-order valence-electron chi connectivity index (χ0n) is 15.1. The van der Waals surface area contributed by atoms with Crippen LogP contribution in [-0.4, -0.2) is 75.9 Å². The van der Waals surface area contributed by atoms with Crippen LogP contribution in [0.4, 0.5) is 13.6 Å². The van der Waals surface area contributed by atoms with Crippen molar-refractivity contribution in [1.29, 1.82) is 0 Å². The average Bonchev–Trinajstić information content (AvgIpc) is 3.26. The minimum absolute atomic E-state index is 0.0339. The van der Waals surface area contributed by atoms with Gasteiger partial charge >= 0.3 is 6.09 Å². The number of hydrogen-bond donors (Lipinski definition) is 1. The maximum atomic E-state index is 13.4. The van der Waals surface area contributed by atoms with Crippen molar-refractivity contribution in [2.24, 2.45) is 0 Å². The molecule has 0 radical (unpaired) electrons. The van der Waals surface area contributed by atoms with E-state index in [0.717, 1.165) is 5.56 Å². The number of ether oxygens (including phenoxy) is 3. The summed E-state index contributed by atoms with van der Waals surface area (Å²) in [6.07, 6.45) is -3.20. The summed E-state index contributed by atoms with van der Waals surface area (Å²) in [7, 11) is 2.97. The van der Waals surface area contributed by atoms with Crippen LogP contribution in [0.3, 0.4) is 0 Å². The minimum atomic E-state index is -1.14. The molecule has 2 heterocycles. The maximum Gasteiger partial charge on any atom is 0.410 e. The Morgan fingerprint density at radius 1 is 1.08 bits per heavy atom. The first kappa shape index (κ1) is 20.5. The summed E-state index contributed by atoms with van der Waals surface area (Å²) < 4.78 is 40.6. The largest absolute Gasteiger partial charge is 0.445 e. The molecule has 8 heteroatoms. The second kappa shape index (κ2) is 10.4. The van der Waals surface area contributed by atoms with Gasteiger partial charge in [-0.15, -0.1) is 0 Å². The summed E-state index contributed by atoms with van der Waals surface area (Å²) in [5.74, 6) is 0. The summed E-state index contributed by atoms with van der Waals surface area (Å²) in [6.45, 7) is 1.57. The van der Waals surface area contributed by atoms with Crippen LogP contribution in [0, 0.1) is 0 Å². The first-order valence-electron chi connectivity index (χ1n) is 8.55. The van der Waals surface area contributed by atoms with Gasteiger partial charge in [-0.3, -0.25) is 0 Å². The van der Waals surface area contributed by atoms with E-state index >= 15 is 0 Å². The quantitative estimate of drug-likeness (QED) is 0.875. The zero-order chi connectivity index (χ0) is 18.9. The Morgan fingerprint density at radius 3 is 2.27 bits per heavy atom. The monoisotopic (exact) mass is 372 g/mol. The van der Waals surface area contributed by atoms with Gasteiger partial charge in [0.05, 0.1) is 13.1 Å². The van der Waals surface area contributed by atoms with Crippen LogP contribution in [-0.2, 0) is 20.8 Å². The van der Waals surface area contributed by atoms with Gasteiger partial charge in [-0.2, -0.15) is 0 Å². The summed E-state index contributed by atoms with van der Waals surface area (Å²) >= 11 is 0. The summed E-state index contributed by atoms with van der Waals surface area (Å²) in [6, 6.07) is 9.37. The van der Waals surface area contributed by atoms with E-state index < -0.39 is 24.5 Å². The highest BCUT2D eigenvalue weighted by molar-refractivity contribution is 5.68. The third kappa shape index (κ3) is 5.89. The number of nitrogens with zero attached hydrogens (tertiary/aromatic N) is 1. The number of carbonyl (C=O) groups excluding carboxylic acids is 1. The molecule has 1 aromatic rings. The van der Waals surface area contributed by atoms with E-state index in [4.69, 9.17) is 14.2 Å². The Bertz CT molecular complexity index is 549. The van der Waals surface area contributed by atoms with Crippen LogP contribution in [0.1, 0.15) is 5.56 Å². The van der Waals surface area contributed by atoms with Gasteiger partial charge in [0, 0.05) is 27.3 Å². The summed E-state index contributed by atoms with van der Waals surface area (Å²) in [5, 5.41) is 2.87. The minimum Gasteiger partial charge on any atom is -0.445 e. The molecule has 1 aromatic carbocycles. The van der Waals surface area contributed by atoms with E-state index in [0.29, 0.717) is 13.1 Å². The normalized spacial score (nSPS) is 27.8. The Morgan fingerprint density at radius 2 is 1.77 bits per heavy atom. The molecule has 0 spiro atoms. The molecule has 0 bridgehead atoms. The second-order valence-electron chi connectivity index (χ2n) is 6.18. The van der Waals surface area contributed by atoms with E-state index in [9.17, 15) is 13.6 Å². The second-order valence-corrected chi connectivity index (χ2v) is 6.18. The van der Waals surface area contributed by atoms with Crippen LogP contribution >= 0.6 is 0 Å². The number of nitrogens with one attached hydrogen (secondary N) is 1. The van der Waals surface area contributed by atoms with Crippen molar-refractivity contribution in [1.82, 2.24) is 10.2 Å². The molecule has 0 aromatic heterocycles. The summed E-state index contributed by atoms with van der Waals surface area (Å²) in [5.41, 5.74) is 0.908. The number of halogens is 2. The van der Waals surface area contributed by atoms with E-state index in [1.54, 1.807) is 0 Å². The topological polar surface area (TPSA) is 60.0 Å². The average molecular weight is 372 g/mol. The van der Waals surface area contributed by atoms with Crippen molar-refractivity contribution in [3.05, 3.63) is 35.9 Å². The van der Waals surface area contributed by atoms with Crippen molar-refractivity contribution in [3.8, 4) is 0 Å². The van der Waals surface area contributed by atoms with Gasteiger partial charge in [0.25, 0.3) is 0 Å². The number of hydrogen-bond acceptors (Lipinski definition) is 5. The van der Waals surface area contributed by atoms with E-state index in [2.05, 4.69) is 5.32 Å². The van der Waals surface area contributed by atoms with E-state index in [1.165, 1.54) is 19.1 Å². The lowest BCUT2D eigenvalue weighted by atomic mass is 10.2. The van der Waals surface area contributed by atoms with Crippen LogP contribution < -0.4 is 5.32 Å². The summed E-state index contributed by atoms with van der Waals surface area (Å²) in [4.78, 5) is 13.0. The van der Waals surface area contributed by atoms with Crippen molar-refractivity contribution in [2.75, 3.05) is 40.4 Å². The van der Waals surface area contributed by atoms with Crippen molar-refractivity contribution in [2.45, 2.75) is 31.2 Å². The van der Waals surface area contributed by atoms with Gasteiger partial charge in [0.1, 0.15) is 31.2 Å². The van der Waals surface area contributed by atoms with Gasteiger partial charge in [-0.25, -0.2) is 13.6 Å². The molecular formula is C18H26F2N2O4. The fourth-order valence-corrected chi connectivity index (χ4v) is 2.77. The first-order chi connectivity index (χ1) is 12.5. The highest BCUT2D eigenvalue weighted by Crippen LogP contribution is 2.17. The van der Waals surface area contributed by atoms with Gasteiger partial charge in [-0.1, -0.05) is 30.3 Å². The number of rotatable bonds is 4. The first-order valence-corrected chi connectivity index (χ1v) is 8.55. The third-order valence-corrected chi connectivity index (χ3v) is 4.36. The molecule has 1 N–H and O–H groups in total. The number of methoxy groups -OCH3 is 2. The molecule has 2 aliphatic rings. The van der Waals surface area contributed by atoms with Crippen molar-refractivity contribution >= 4 is 6.09 Å². The number of likely N-dealkylation sites (tertiary alicyclic amines) is 1. The lowest BCUT2D eigenvalue weighted by molar-refractivity contribution is 0.0602. The number of amides is 1. The molecule has 146 valence electrons. The Hall–Kier alpha value is -1.77. The molecular weight excluding hydrogens is 346 g/mol. The fourth-order valence-electron chi connectivity index (χ4n) is 2.77. The number of benzene rings is 1. The van der Waals surface area contributed by atoms with Gasteiger partial charge in [0.15, 0.2) is 0 Å². The molecule has 0 saturated carbocycles. The predicted molar refractivity (Wildman–Crippen MR) is 92.5 cm³/mol.